The molecule has 1 fully saturated rings. The molecule has 5 nitrogen and oxygen atoms in total. The fourth-order valence-corrected chi connectivity index (χ4v) is 4.07. The van der Waals surface area contributed by atoms with E-state index in [-0.39, 0.29) is 17.9 Å². The molecule has 0 bridgehead atoms. The highest BCUT2D eigenvalue weighted by Crippen LogP contribution is 2.28. The third-order valence-corrected chi connectivity index (χ3v) is 5.64. The van der Waals surface area contributed by atoms with E-state index in [0.717, 1.165) is 47.2 Å². The molecule has 2 unspecified atom stereocenters. The highest BCUT2D eigenvalue weighted by molar-refractivity contribution is 5.99. The van der Waals surface area contributed by atoms with Gasteiger partial charge in [0.25, 0.3) is 0 Å². The normalized spacial score (nSPS) is 18.5. The van der Waals surface area contributed by atoms with Crippen molar-refractivity contribution in [1.82, 2.24) is 9.47 Å². The van der Waals surface area contributed by atoms with E-state index in [0.29, 0.717) is 6.54 Å². The number of carbonyl (C=O) groups excluding carboxylic acids is 1. The van der Waals surface area contributed by atoms with Gasteiger partial charge in [0.2, 0.25) is 5.91 Å². The van der Waals surface area contributed by atoms with Crippen LogP contribution in [-0.2, 0) is 18.4 Å². The van der Waals surface area contributed by atoms with Crippen LogP contribution in [-0.4, -0.2) is 39.7 Å². The van der Waals surface area contributed by atoms with E-state index < -0.39 is 0 Å². The monoisotopic (exact) mass is 377 g/mol. The number of hydrogen-bond donors (Lipinski definition) is 2. The summed E-state index contributed by atoms with van der Waals surface area (Å²) in [7, 11) is 2.01. The summed E-state index contributed by atoms with van der Waals surface area (Å²) in [6.45, 7) is 4.37. The number of nitrogens with one attached hydrogen (secondary N) is 1. The van der Waals surface area contributed by atoms with Crippen LogP contribution in [0.4, 0.5) is 5.69 Å². The van der Waals surface area contributed by atoms with Gasteiger partial charge in [-0.15, -0.1) is 0 Å². The van der Waals surface area contributed by atoms with Gasteiger partial charge in [0.1, 0.15) is 0 Å². The molecule has 1 aliphatic heterocycles. The number of β-amino-alcohol motifs (C(OH)–C–C–N with tert-alkyl or cyclic N) is 1. The third-order valence-electron chi connectivity index (χ3n) is 5.64. The van der Waals surface area contributed by atoms with Gasteiger partial charge in [-0.1, -0.05) is 30.3 Å². The molecule has 2 atom stereocenters. The summed E-state index contributed by atoms with van der Waals surface area (Å²) >= 11 is 0. The molecule has 3 aromatic rings. The maximum atomic E-state index is 12.9. The van der Waals surface area contributed by atoms with E-state index >= 15 is 0 Å². The molecule has 28 heavy (non-hydrogen) atoms. The zero-order valence-corrected chi connectivity index (χ0v) is 16.4. The van der Waals surface area contributed by atoms with Gasteiger partial charge in [0.05, 0.1) is 12.0 Å². The number of rotatable bonds is 5. The molecule has 1 amide bonds. The van der Waals surface area contributed by atoms with Crippen molar-refractivity contribution in [2.45, 2.75) is 31.9 Å². The standard InChI is InChI=1S/C23H27N3O2/c1-16(21-15-25(2)22-9-4-3-8-20(21)22)23(28)24-18-7-5-6-17(12-18)13-26-11-10-19(27)14-26/h3-9,12,15-16,19,27H,10-11,13-14H2,1-2H3,(H,24,28). The summed E-state index contributed by atoms with van der Waals surface area (Å²) in [5, 5.41) is 13.9. The van der Waals surface area contributed by atoms with E-state index in [1.807, 2.05) is 50.5 Å². The van der Waals surface area contributed by atoms with Crippen LogP contribution in [0.15, 0.2) is 54.7 Å². The molecule has 0 spiro atoms. The summed E-state index contributed by atoms with van der Waals surface area (Å²) < 4.78 is 2.07. The molecule has 4 rings (SSSR count). The molecule has 2 heterocycles. The lowest BCUT2D eigenvalue weighted by Gasteiger charge is -2.16. The van der Waals surface area contributed by atoms with Gasteiger partial charge < -0.3 is 15.0 Å². The van der Waals surface area contributed by atoms with Crippen molar-refractivity contribution in [2.75, 3.05) is 18.4 Å². The summed E-state index contributed by atoms with van der Waals surface area (Å²) in [6, 6.07) is 16.2. The second-order valence-electron chi connectivity index (χ2n) is 7.80. The largest absolute Gasteiger partial charge is 0.392 e. The highest BCUT2D eigenvalue weighted by Gasteiger charge is 2.21. The average molecular weight is 377 g/mol. The smallest absolute Gasteiger partial charge is 0.231 e. The second kappa shape index (κ2) is 7.78. The predicted molar refractivity (Wildman–Crippen MR) is 112 cm³/mol. The van der Waals surface area contributed by atoms with Crippen molar-refractivity contribution in [3.63, 3.8) is 0 Å². The number of anilines is 1. The Bertz CT molecular complexity index is 994. The Kier molecular flexibility index (Phi) is 5.20. The van der Waals surface area contributed by atoms with Crippen molar-refractivity contribution in [2.24, 2.45) is 7.05 Å². The first-order valence-electron chi connectivity index (χ1n) is 9.85. The first-order valence-corrected chi connectivity index (χ1v) is 9.85. The van der Waals surface area contributed by atoms with E-state index in [9.17, 15) is 9.90 Å². The number of hydrogen-bond acceptors (Lipinski definition) is 3. The number of carbonyl (C=O) groups is 1. The molecule has 146 valence electrons. The van der Waals surface area contributed by atoms with Crippen LogP contribution < -0.4 is 5.32 Å². The van der Waals surface area contributed by atoms with Crippen LogP contribution in [0.25, 0.3) is 10.9 Å². The van der Waals surface area contributed by atoms with Crippen LogP contribution in [0.1, 0.15) is 30.4 Å². The van der Waals surface area contributed by atoms with Crippen molar-refractivity contribution in [3.8, 4) is 0 Å². The van der Waals surface area contributed by atoms with Crippen molar-refractivity contribution in [3.05, 3.63) is 65.9 Å². The number of likely N-dealkylation sites (tertiary alicyclic amines) is 1. The number of aliphatic hydroxyl groups is 1. The molecular formula is C23H27N3O2. The first-order chi connectivity index (χ1) is 13.5. The van der Waals surface area contributed by atoms with Gasteiger partial charge in [-0.25, -0.2) is 0 Å². The number of benzene rings is 2. The first kappa shape index (κ1) is 18.7. The molecule has 0 radical (unpaired) electrons. The molecule has 0 saturated carbocycles. The number of para-hydroxylation sites is 1. The lowest BCUT2D eigenvalue weighted by molar-refractivity contribution is -0.117. The molecule has 0 aliphatic carbocycles. The number of aryl methyl sites for hydroxylation is 1. The van der Waals surface area contributed by atoms with Crippen LogP contribution in [0, 0.1) is 0 Å². The lowest BCUT2D eigenvalue weighted by Crippen LogP contribution is -2.22. The Morgan fingerprint density at radius 3 is 2.86 bits per heavy atom. The zero-order valence-electron chi connectivity index (χ0n) is 16.4. The van der Waals surface area contributed by atoms with E-state index in [4.69, 9.17) is 0 Å². The number of nitrogens with zero attached hydrogens (tertiary/aromatic N) is 2. The molecule has 2 N–H and O–H groups in total. The van der Waals surface area contributed by atoms with Crippen LogP contribution in [0.5, 0.6) is 0 Å². The van der Waals surface area contributed by atoms with Crippen LogP contribution >= 0.6 is 0 Å². The van der Waals surface area contributed by atoms with Crippen molar-refractivity contribution in [1.29, 1.82) is 0 Å². The van der Waals surface area contributed by atoms with Gasteiger partial charge in [0.15, 0.2) is 0 Å². The fourth-order valence-electron chi connectivity index (χ4n) is 4.07. The Labute approximate surface area is 165 Å². The number of aromatic nitrogens is 1. The molecule has 1 aliphatic rings. The topological polar surface area (TPSA) is 57.5 Å². The molecular weight excluding hydrogens is 350 g/mol. The van der Waals surface area contributed by atoms with Gasteiger partial charge >= 0.3 is 0 Å². The van der Waals surface area contributed by atoms with Gasteiger partial charge in [0, 0.05) is 49.5 Å². The zero-order chi connectivity index (χ0) is 19.7. The highest BCUT2D eigenvalue weighted by atomic mass is 16.3. The average Bonchev–Trinajstić information content (AvgIpc) is 3.25. The van der Waals surface area contributed by atoms with E-state index in [2.05, 4.69) is 33.0 Å². The van der Waals surface area contributed by atoms with Crippen molar-refractivity contribution < 1.29 is 9.90 Å². The molecule has 1 saturated heterocycles. The second-order valence-corrected chi connectivity index (χ2v) is 7.80. The molecule has 2 aromatic carbocycles. The number of fused-ring (bicyclic) bond motifs is 1. The Morgan fingerprint density at radius 2 is 2.07 bits per heavy atom. The maximum absolute atomic E-state index is 12.9. The van der Waals surface area contributed by atoms with E-state index in [1.165, 1.54) is 0 Å². The molecule has 1 aromatic heterocycles. The fraction of sp³-hybridized carbons (Fsp3) is 0.348. The third kappa shape index (κ3) is 3.81. The van der Waals surface area contributed by atoms with Crippen LogP contribution in [0.3, 0.4) is 0 Å². The number of aliphatic hydroxyl groups excluding tert-OH is 1. The summed E-state index contributed by atoms with van der Waals surface area (Å²) in [5.74, 6) is -0.256. The predicted octanol–water partition coefficient (Wildman–Crippen LogP) is 3.49. The minimum atomic E-state index is -0.247. The quantitative estimate of drug-likeness (QED) is 0.716. The van der Waals surface area contributed by atoms with Gasteiger partial charge in [-0.3, -0.25) is 9.69 Å². The Hall–Kier alpha value is -2.63. The maximum Gasteiger partial charge on any atom is 0.231 e. The van der Waals surface area contributed by atoms with Crippen LogP contribution in [0.2, 0.25) is 0 Å². The van der Waals surface area contributed by atoms with Crippen molar-refractivity contribution >= 4 is 22.5 Å². The minimum absolute atomic E-state index is 0.00917. The van der Waals surface area contributed by atoms with Gasteiger partial charge in [-0.05, 0) is 42.7 Å². The Balaban J connectivity index is 1.48. The van der Waals surface area contributed by atoms with Gasteiger partial charge in [-0.2, -0.15) is 0 Å². The minimum Gasteiger partial charge on any atom is -0.392 e. The SMILES string of the molecule is CC(C(=O)Nc1cccc(CN2CCC(O)C2)c1)c1cn(C)c2ccccc12. The summed E-state index contributed by atoms with van der Waals surface area (Å²) in [5.41, 5.74) is 4.13. The lowest BCUT2D eigenvalue weighted by atomic mass is 9.99. The molecule has 5 heteroatoms. The Morgan fingerprint density at radius 1 is 1.25 bits per heavy atom. The summed E-state index contributed by atoms with van der Waals surface area (Å²) in [4.78, 5) is 15.1. The number of amides is 1. The summed E-state index contributed by atoms with van der Waals surface area (Å²) in [6.07, 6.45) is 2.66. The van der Waals surface area contributed by atoms with E-state index in [1.54, 1.807) is 0 Å².